The van der Waals surface area contributed by atoms with Crippen molar-refractivity contribution in [1.29, 1.82) is 0 Å². The third-order valence-corrected chi connectivity index (χ3v) is 4.93. The average molecular weight is 304 g/mol. The number of rotatable bonds is 9. The first-order valence-electron chi connectivity index (χ1n) is 6.38. The van der Waals surface area contributed by atoms with Crippen LogP contribution in [0.25, 0.3) is 0 Å². The second-order valence-electron chi connectivity index (χ2n) is 3.19. The van der Waals surface area contributed by atoms with Crippen molar-refractivity contribution >= 4 is 21.2 Å². The van der Waals surface area contributed by atoms with Gasteiger partial charge in [-0.15, -0.1) is 12.4 Å². The van der Waals surface area contributed by atoms with E-state index in [4.69, 9.17) is 24.1 Å². The highest BCUT2D eigenvalue weighted by molar-refractivity contribution is 6.60. The summed E-state index contributed by atoms with van der Waals surface area (Å²) in [6.07, 6.45) is 0.895. The number of halogens is 1. The molecule has 0 rings (SSSR count). The molecule has 0 saturated heterocycles. The summed E-state index contributed by atoms with van der Waals surface area (Å²) in [5, 5.41) is 7.57. The topological polar surface area (TPSA) is 73.9 Å². The first-order chi connectivity index (χ1) is 8.16. The minimum atomic E-state index is -2.40. The van der Waals surface area contributed by atoms with E-state index < -0.39 is 8.80 Å². The zero-order valence-electron chi connectivity index (χ0n) is 12.1. The van der Waals surface area contributed by atoms with Crippen molar-refractivity contribution < 1.29 is 18.4 Å². The van der Waals surface area contributed by atoms with Gasteiger partial charge in [0.1, 0.15) is 0 Å². The van der Waals surface area contributed by atoms with Crippen LogP contribution in [0.2, 0.25) is 6.04 Å². The maximum absolute atomic E-state index is 7.57. The Morgan fingerprint density at radius 2 is 1.28 bits per heavy atom. The molecule has 0 heterocycles. The van der Waals surface area contributed by atoms with E-state index in [1.165, 1.54) is 0 Å². The largest absolute Gasteiger partial charge is 0.500 e. The molecule has 0 aliphatic rings. The number of hydrogen-bond donors (Lipinski definition) is 2. The van der Waals surface area contributed by atoms with Crippen LogP contribution in [0.4, 0.5) is 0 Å². The highest BCUT2D eigenvalue weighted by Crippen LogP contribution is 2.17. The van der Waals surface area contributed by atoms with Gasteiger partial charge in [-0.3, -0.25) is 0 Å². The van der Waals surface area contributed by atoms with E-state index in [1.807, 2.05) is 20.8 Å². The van der Waals surface area contributed by atoms with Crippen LogP contribution in [0.3, 0.4) is 0 Å². The normalized spacial score (nSPS) is 10.3. The SMILES string of the molecule is CCO.CCO[Si](CCCN)(OCC)OCC.Cl. The van der Waals surface area contributed by atoms with Crippen LogP contribution in [-0.2, 0) is 13.3 Å². The molecule has 0 aliphatic carbocycles. The monoisotopic (exact) mass is 303 g/mol. The van der Waals surface area contributed by atoms with E-state index in [0.29, 0.717) is 26.4 Å². The number of hydrogen-bond acceptors (Lipinski definition) is 5. The van der Waals surface area contributed by atoms with Gasteiger partial charge in [0.15, 0.2) is 0 Å². The smallest absolute Gasteiger partial charge is 0.397 e. The summed E-state index contributed by atoms with van der Waals surface area (Å²) in [6.45, 7) is 10.4. The summed E-state index contributed by atoms with van der Waals surface area (Å²) in [4.78, 5) is 0. The fourth-order valence-electron chi connectivity index (χ4n) is 1.32. The minimum Gasteiger partial charge on any atom is -0.397 e. The van der Waals surface area contributed by atoms with E-state index in [2.05, 4.69) is 0 Å². The van der Waals surface area contributed by atoms with Gasteiger partial charge in [-0.2, -0.15) is 0 Å². The van der Waals surface area contributed by atoms with Crippen LogP contribution in [0, 0.1) is 0 Å². The molecule has 0 fully saturated rings. The van der Waals surface area contributed by atoms with Crippen LogP contribution < -0.4 is 5.73 Å². The maximum Gasteiger partial charge on any atom is 0.500 e. The fraction of sp³-hybridized carbons (Fsp3) is 1.00. The standard InChI is InChI=1S/C9H23NO3Si.C2H6O.ClH/c1-4-11-14(12-5-2,13-6-3)9-7-8-10;1-2-3;/h4-10H2,1-3H3;3H,2H2,1H3;1H. The van der Waals surface area contributed by atoms with Gasteiger partial charge in [-0.05, 0) is 40.7 Å². The Hall–Kier alpha value is 0.307. The molecule has 5 nitrogen and oxygen atoms in total. The molecule has 7 heteroatoms. The zero-order chi connectivity index (χ0) is 13.6. The molecule has 0 aliphatic heterocycles. The lowest BCUT2D eigenvalue weighted by Crippen LogP contribution is -2.46. The fourth-order valence-corrected chi connectivity index (χ4v) is 3.96. The molecule has 0 saturated carbocycles. The Labute approximate surface area is 119 Å². The van der Waals surface area contributed by atoms with Gasteiger partial charge in [-0.1, -0.05) is 0 Å². The van der Waals surface area contributed by atoms with Crippen LogP contribution in [-0.4, -0.2) is 46.9 Å². The molecule has 0 amide bonds. The molecule has 114 valence electrons. The first kappa shape index (κ1) is 23.4. The van der Waals surface area contributed by atoms with Gasteiger partial charge >= 0.3 is 8.80 Å². The highest BCUT2D eigenvalue weighted by Gasteiger charge is 2.39. The van der Waals surface area contributed by atoms with E-state index in [1.54, 1.807) is 6.92 Å². The number of aliphatic hydroxyl groups is 1. The van der Waals surface area contributed by atoms with Gasteiger partial charge < -0.3 is 24.1 Å². The highest BCUT2D eigenvalue weighted by atomic mass is 35.5. The van der Waals surface area contributed by atoms with Gasteiger partial charge in [0.25, 0.3) is 0 Å². The van der Waals surface area contributed by atoms with Crippen molar-refractivity contribution in [3.05, 3.63) is 0 Å². The summed E-state index contributed by atoms with van der Waals surface area (Å²) in [5.41, 5.74) is 5.48. The summed E-state index contributed by atoms with van der Waals surface area (Å²) < 4.78 is 17.0. The first-order valence-corrected chi connectivity index (χ1v) is 8.32. The Kier molecular flexibility index (Phi) is 22.5. The molecule has 0 aromatic heterocycles. The lowest BCUT2D eigenvalue weighted by Gasteiger charge is -2.28. The molecule has 18 heavy (non-hydrogen) atoms. The van der Waals surface area contributed by atoms with Gasteiger partial charge in [-0.25, -0.2) is 0 Å². The Morgan fingerprint density at radius 1 is 0.944 bits per heavy atom. The Balaban J connectivity index is -0.000000507. The van der Waals surface area contributed by atoms with Gasteiger partial charge in [0.2, 0.25) is 0 Å². The Morgan fingerprint density at radius 3 is 1.50 bits per heavy atom. The molecule has 0 unspecified atom stereocenters. The molecule has 3 N–H and O–H groups in total. The molecule has 0 aromatic carbocycles. The van der Waals surface area contributed by atoms with E-state index in [0.717, 1.165) is 12.5 Å². The van der Waals surface area contributed by atoms with Crippen molar-refractivity contribution in [2.24, 2.45) is 5.73 Å². The maximum atomic E-state index is 7.57. The summed E-state index contributed by atoms with van der Waals surface area (Å²) in [5.74, 6) is 0. The van der Waals surface area contributed by atoms with E-state index >= 15 is 0 Å². The molecular formula is C11H30ClNO4Si. The molecule has 0 bridgehead atoms. The van der Waals surface area contributed by atoms with Crippen molar-refractivity contribution in [3.8, 4) is 0 Å². The van der Waals surface area contributed by atoms with Crippen molar-refractivity contribution in [2.45, 2.75) is 40.2 Å². The van der Waals surface area contributed by atoms with Gasteiger partial charge in [0, 0.05) is 32.5 Å². The van der Waals surface area contributed by atoms with E-state index in [-0.39, 0.29) is 19.0 Å². The predicted molar refractivity (Wildman–Crippen MR) is 79.1 cm³/mol. The third kappa shape index (κ3) is 12.8. The Bertz CT molecular complexity index is 138. The van der Waals surface area contributed by atoms with Crippen molar-refractivity contribution in [2.75, 3.05) is 33.0 Å². The molecular weight excluding hydrogens is 274 g/mol. The molecule has 0 aromatic rings. The summed E-state index contributed by atoms with van der Waals surface area (Å²) in [6, 6.07) is 0.818. The molecule has 0 radical (unpaired) electrons. The second kappa shape index (κ2) is 17.3. The summed E-state index contributed by atoms with van der Waals surface area (Å²) in [7, 11) is -2.40. The van der Waals surface area contributed by atoms with Crippen molar-refractivity contribution in [1.82, 2.24) is 0 Å². The van der Waals surface area contributed by atoms with Crippen LogP contribution in [0.5, 0.6) is 0 Å². The molecule has 0 spiro atoms. The van der Waals surface area contributed by atoms with Crippen LogP contribution in [0.1, 0.15) is 34.1 Å². The quantitative estimate of drug-likeness (QED) is 0.635. The number of nitrogens with two attached hydrogens (primary N) is 1. The third-order valence-electron chi connectivity index (χ3n) is 1.78. The lowest BCUT2D eigenvalue weighted by molar-refractivity contribution is 0.0710. The van der Waals surface area contributed by atoms with Crippen molar-refractivity contribution in [3.63, 3.8) is 0 Å². The predicted octanol–water partition coefficient (Wildman–Crippen LogP) is 1.80. The second-order valence-corrected chi connectivity index (χ2v) is 5.92. The number of aliphatic hydroxyl groups excluding tert-OH is 1. The molecule has 0 atom stereocenters. The summed E-state index contributed by atoms with van der Waals surface area (Å²) >= 11 is 0. The lowest BCUT2D eigenvalue weighted by atomic mass is 10.5. The zero-order valence-corrected chi connectivity index (χ0v) is 13.9. The minimum absolute atomic E-state index is 0. The van der Waals surface area contributed by atoms with E-state index in [9.17, 15) is 0 Å². The van der Waals surface area contributed by atoms with Crippen LogP contribution >= 0.6 is 12.4 Å². The van der Waals surface area contributed by atoms with Gasteiger partial charge in [0.05, 0.1) is 0 Å². The average Bonchev–Trinajstić information content (AvgIpc) is 2.29. The van der Waals surface area contributed by atoms with Crippen LogP contribution in [0.15, 0.2) is 0 Å².